The van der Waals surface area contributed by atoms with Gasteiger partial charge in [0.1, 0.15) is 57.5 Å². The number of aryl methyl sites for hydroxylation is 2. The lowest BCUT2D eigenvalue weighted by molar-refractivity contribution is 0.100. The molecule has 1 fully saturated rings. The molecule has 0 unspecified atom stereocenters. The fraction of sp³-hybridized carbons (Fsp3) is 0.245. The highest BCUT2D eigenvalue weighted by Crippen LogP contribution is 2.47. The van der Waals surface area contributed by atoms with E-state index in [0.717, 1.165) is 74.0 Å². The number of carbonyl (C=O) groups is 6. The summed E-state index contributed by atoms with van der Waals surface area (Å²) in [4.78, 5) is 67.6. The molecule has 0 spiro atoms. The van der Waals surface area contributed by atoms with Crippen molar-refractivity contribution in [2.75, 3.05) is 42.7 Å². The molecule has 578 valence electrons. The first-order valence-corrected chi connectivity index (χ1v) is 37.4. The zero-order valence-electron chi connectivity index (χ0n) is 67.2. The SMILES string of the molecule is CC(=O)c1ccc(C(C)=O)c2ccccc12.CC(=O)c1ccc(Oc2ccc(C(C)=O)cc2)cc1.CC(=O)c1ccc2cc(C(C)=O)ccc2c1.CCC(C)(c1ccc(OC)cc1)c1ccc(OC)cc1.COc1ccc(C2(c3ccc(OC)c(C)c3)CCCCC2)cc1C.COc1ccc(Oc2ccc(OC)cc2)cc1. The van der Waals surface area contributed by atoms with Crippen molar-refractivity contribution in [1.82, 2.24) is 0 Å². The Bertz CT molecular complexity index is 4840. The molecule has 0 saturated heterocycles. The molecule has 0 radical (unpaired) electrons. The maximum Gasteiger partial charge on any atom is 0.160 e. The first kappa shape index (κ1) is 85.2. The first-order chi connectivity index (χ1) is 53.8. The fourth-order valence-corrected chi connectivity index (χ4v) is 13.4. The summed E-state index contributed by atoms with van der Waals surface area (Å²) in [7, 11) is 10.1. The summed E-state index contributed by atoms with van der Waals surface area (Å²) in [6, 6.07) is 80.8. The first-order valence-electron chi connectivity index (χ1n) is 37.4. The molecule has 14 heteroatoms. The highest BCUT2D eigenvalue weighted by atomic mass is 16.5. The van der Waals surface area contributed by atoms with Gasteiger partial charge in [0.05, 0.1) is 42.7 Å². The van der Waals surface area contributed by atoms with Gasteiger partial charge >= 0.3 is 0 Å². The van der Waals surface area contributed by atoms with Crippen LogP contribution < -0.4 is 37.9 Å². The summed E-state index contributed by atoms with van der Waals surface area (Å²) < 4.78 is 42.8. The van der Waals surface area contributed by atoms with Crippen LogP contribution in [0.4, 0.5) is 0 Å². The summed E-state index contributed by atoms with van der Waals surface area (Å²) in [6.45, 7) is 18.0. The van der Waals surface area contributed by atoms with Crippen molar-refractivity contribution < 1.29 is 66.7 Å². The van der Waals surface area contributed by atoms with Crippen LogP contribution in [0.15, 0.2) is 255 Å². The van der Waals surface area contributed by atoms with Gasteiger partial charge in [-0.25, -0.2) is 0 Å². The highest BCUT2D eigenvalue weighted by Gasteiger charge is 2.36. The zero-order valence-corrected chi connectivity index (χ0v) is 67.2. The molecule has 14 nitrogen and oxygen atoms in total. The quantitative estimate of drug-likeness (QED) is 0.0621. The van der Waals surface area contributed by atoms with E-state index >= 15 is 0 Å². The predicted octanol–water partition coefficient (Wildman–Crippen LogP) is 23.9. The molecule has 0 aliphatic heterocycles. The van der Waals surface area contributed by atoms with E-state index in [9.17, 15) is 28.8 Å². The van der Waals surface area contributed by atoms with Crippen LogP contribution in [-0.4, -0.2) is 77.4 Å². The smallest absolute Gasteiger partial charge is 0.160 e. The van der Waals surface area contributed by atoms with Gasteiger partial charge in [-0.3, -0.25) is 28.8 Å². The van der Waals surface area contributed by atoms with Crippen LogP contribution in [0.5, 0.6) is 57.5 Å². The maximum absolute atomic E-state index is 11.5. The summed E-state index contributed by atoms with van der Waals surface area (Å²) in [5.74, 6) is 8.39. The largest absolute Gasteiger partial charge is 0.497 e. The van der Waals surface area contributed by atoms with Crippen LogP contribution in [-0.2, 0) is 10.8 Å². The standard InChI is InChI=1S/C22H28O2.C18H22O2.C16H14O3.C14H14O3.2C14H12O2/c1-16-14-18(8-10-20(16)23-3)22(12-6-5-7-13-22)19-9-11-21(24-4)17(2)15-19;1-5-18(2,14-6-10-16(19-3)11-7-14)15-8-12-17(20-4)13-9-15;1-11(17)13-3-7-15(8-4-13)19-16-9-5-14(6-10-16)12(2)18;1-15-11-3-7-13(8-4-11)17-14-9-5-12(16-2)6-10-14;1-9(15)11-3-5-14-8-12(10(2)16)4-6-13(14)7-11;1-9(15)11-7-8-12(10(2)16)14-6-4-3-5-13(11)14/h8-11,14-15H,5-7,12-13H2,1-4H3;6-13H,5H2,1-4H3;3-10H,1-2H3;3-10H,1-2H3;2*3-8H,1-2H3. The highest BCUT2D eigenvalue weighted by molar-refractivity contribution is 6.14. The lowest BCUT2D eigenvalue weighted by Crippen LogP contribution is -2.30. The van der Waals surface area contributed by atoms with Crippen molar-refractivity contribution in [3.63, 3.8) is 0 Å². The van der Waals surface area contributed by atoms with Gasteiger partial charge in [0.15, 0.2) is 34.7 Å². The van der Waals surface area contributed by atoms with E-state index in [2.05, 4.69) is 88.4 Å². The van der Waals surface area contributed by atoms with Crippen LogP contribution in [0.2, 0.25) is 0 Å². The number of ketones is 6. The van der Waals surface area contributed by atoms with Gasteiger partial charge in [-0.2, -0.15) is 0 Å². The fourth-order valence-electron chi connectivity index (χ4n) is 13.4. The Kier molecular flexibility index (Phi) is 31.1. The van der Waals surface area contributed by atoms with Gasteiger partial charge in [0.25, 0.3) is 0 Å². The van der Waals surface area contributed by atoms with Gasteiger partial charge in [-0.05, 0) is 275 Å². The Morgan fingerprint density at radius 2 is 0.616 bits per heavy atom. The average Bonchev–Trinajstić information content (AvgIpc) is 0.761. The third-order valence-electron chi connectivity index (χ3n) is 20.2. The molecule has 12 aromatic carbocycles. The number of rotatable bonds is 21. The topological polar surface area (TPSA) is 176 Å². The normalized spacial score (nSPS) is 11.7. The number of hydrogen-bond acceptors (Lipinski definition) is 14. The maximum atomic E-state index is 11.5. The lowest BCUT2D eigenvalue weighted by Gasteiger charge is -2.39. The van der Waals surface area contributed by atoms with Crippen molar-refractivity contribution in [2.24, 2.45) is 0 Å². The zero-order chi connectivity index (χ0) is 81.1. The van der Waals surface area contributed by atoms with Crippen LogP contribution in [0.25, 0.3) is 21.5 Å². The second-order valence-electron chi connectivity index (χ2n) is 27.6. The number of carbonyl (C=O) groups excluding carboxylic acids is 6. The van der Waals surface area contributed by atoms with E-state index in [1.54, 1.807) is 129 Å². The Labute approximate surface area is 659 Å². The van der Waals surface area contributed by atoms with Gasteiger partial charge < -0.3 is 37.9 Å². The van der Waals surface area contributed by atoms with Crippen LogP contribution in [0.3, 0.4) is 0 Å². The Morgan fingerprint density at radius 3 is 0.893 bits per heavy atom. The Morgan fingerprint density at radius 1 is 0.321 bits per heavy atom. The van der Waals surface area contributed by atoms with Gasteiger partial charge in [-0.1, -0.05) is 142 Å². The Hall–Kier alpha value is -12.4. The van der Waals surface area contributed by atoms with Crippen LogP contribution in [0.1, 0.15) is 189 Å². The molecule has 12 aromatic rings. The minimum absolute atomic E-state index is 0.00145. The van der Waals surface area contributed by atoms with Crippen molar-refractivity contribution >= 4 is 56.2 Å². The number of ether oxygens (including phenoxy) is 8. The van der Waals surface area contributed by atoms with Crippen LogP contribution >= 0.6 is 0 Å². The third kappa shape index (κ3) is 22.6. The molecule has 0 aromatic heterocycles. The van der Waals surface area contributed by atoms with E-state index in [0.29, 0.717) is 44.9 Å². The summed E-state index contributed by atoms with van der Waals surface area (Å²) in [5.41, 5.74) is 12.0. The molecule has 1 aliphatic rings. The Balaban J connectivity index is 0.000000170. The molecule has 1 aliphatic carbocycles. The average molecular weight is 1500 g/mol. The van der Waals surface area contributed by atoms with Crippen molar-refractivity contribution in [3.05, 3.63) is 322 Å². The molecule has 0 bridgehead atoms. The van der Waals surface area contributed by atoms with Crippen molar-refractivity contribution in [1.29, 1.82) is 0 Å². The molecular weight excluding hydrogens is 1400 g/mol. The molecule has 13 rings (SSSR count). The number of methoxy groups -OCH3 is 6. The van der Waals surface area contributed by atoms with Gasteiger partial charge in [0.2, 0.25) is 0 Å². The van der Waals surface area contributed by atoms with E-state index < -0.39 is 0 Å². The number of hydrogen-bond donors (Lipinski definition) is 0. The van der Waals surface area contributed by atoms with Crippen molar-refractivity contribution in [2.45, 2.75) is 119 Å². The molecular formula is C98H102O14. The lowest BCUT2D eigenvalue weighted by atomic mass is 9.65. The second-order valence-corrected chi connectivity index (χ2v) is 27.6. The number of Topliss-reactive ketones (excluding diaryl/α,β-unsaturated/α-hetero) is 6. The molecule has 112 heavy (non-hydrogen) atoms. The van der Waals surface area contributed by atoms with E-state index in [4.69, 9.17) is 37.9 Å². The van der Waals surface area contributed by atoms with Crippen molar-refractivity contribution in [3.8, 4) is 57.5 Å². The third-order valence-corrected chi connectivity index (χ3v) is 20.2. The van der Waals surface area contributed by atoms with E-state index in [-0.39, 0.29) is 45.5 Å². The predicted molar refractivity (Wildman–Crippen MR) is 449 cm³/mol. The molecule has 0 amide bonds. The van der Waals surface area contributed by atoms with Gasteiger partial charge in [0, 0.05) is 44.2 Å². The summed E-state index contributed by atoms with van der Waals surface area (Å²) in [6.07, 6.45) is 7.37. The molecule has 0 heterocycles. The summed E-state index contributed by atoms with van der Waals surface area (Å²) in [5, 5.41) is 3.67. The van der Waals surface area contributed by atoms with E-state index in [1.807, 2.05) is 121 Å². The van der Waals surface area contributed by atoms with E-state index in [1.165, 1.54) is 93.2 Å². The second kappa shape index (κ2) is 40.9. The molecule has 0 atom stereocenters. The van der Waals surface area contributed by atoms with Crippen LogP contribution in [0, 0.1) is 13.8 Å². The number of benzene rings is 12. The number of fused-ring (bicyclic) bond motifs is 2. The monoisotopic (exact) mass is 1500 g/mol. The molecule has 1 saturated carbocycles. The minimum atomic E-state index is -0.00145. The molecule has 0 N–H and O–H groups in total. The summed E-state index contributed by atoms with van der Waals surface area (Å²) >= 11 is 0. The van der Waals surface area contributed by atoms with Gasteiger partial charge in [-0.15, -0.1) is 0 Å². The minimum Gasteiger partial charge on any atom is -0.497 e.